The zero-order valence-corrected chi connectivity index (χ0v) is 19.2. The van der Waals surface area contributed by atoms with Crippen LogP contribution in [-0.4, -0.2) is 45.5 Å². The van der Waals surface area contributed by atoms with Gasteiger partial charge in [0.2, 0.25) is 5.91 Å². The van der Waals surface area contributed by atoms with E-state index < -0.39 is 12.1 Å². The van der Waals surface area contributed by atoms with E-state index in [-0.39, 0.29) is 48.2 Å². The molecule has 2 amide bonds. The van der Waals surface area contributed by atoms with E-state index in [0.717, 1.165) is 11.1 Å². The Morgan fingerprint density at radius 1 is 1.06 bits per heavy atom. The summed E-state index contributed by atoms with van der Waals surface area (Å²) < 4.78 is 6.79. The Labute approximate surface area is 202 Å². The van der Waals surface area contributed by atoms with Gasteiger partial charge in [0, 0.05) is 25.4 Å². The van der Waals surface area contributed by atoms with Crippen LogP contribution >= 0.6 is 0 Å². The van der Waals surface area contributed by atoms with Crippen LogP contribution in [0.4, 0.5) is 10.5 Å². The first-order chi connectivity index (χ1) is 16.9. The molecule has 35 heavy (non-hydrogen) atoms. The maximum Gasteiger partial charge on any atom is 0.407 e. The highest BCUT2D eigenvalue weighted by atomic mass is 16.5. The van der Waals surface area contributed by atoms with Gasteiger partial charge in [-0.15, -0.1) is 0 Å². The van der Waals surface area contributed by atoms with E-state index in [1.165, 1.54) is 29.1 Å². The lowest BCUT2D eigenvalue weighted by Gasteiger charge is -2.35. The number of carboxylic acids is 1. The summed E-state index contributed by atoms with van der Waals surface area (Å²) in [7, 11) is 1.50. The van der Waals surface area contributed by atoms with Crippen molar-refractivity contribution >= 4 is 23.7 Å². The molecule has 9 nitrogen and oxygen atoms in total. The summed E-state index contributed by atoms with van der Waals surface area (Å²) >= 11 is 0. The van der Waals surface area contributed by atoms with Crippen LogP contribution < -0.4 is 10.6 Å². The van der Waals surface area contributed by atoms with Crippen molar-refractivity contribution in [3.8, 4) is 11.1 Å². The largest absolute Gasteiger partial charge is 0.476 e. The number of amides is 2. The lowest BCUT2D eigenvalue weighted by atomic mass is 9.78. The number of anilines is 1. The summed E-state index contributed by atoms with van der Waals surface area (Å²) in [4.78, 5) is 36.1. The van der Waals surface area contributed by atoms with Gasteiger partial charge in [-0.3, -0.25) is 9.48 Å². The minimum Gasteiger partial charge on any atom is -0.476 e. The second-order valence-corrected chi connectivity index (χ2v) is 9.09. The maximum atomic E-state index is 12.4. The number of hydrogen-bond donors (Lipinski definition) is 3. The van der Waals surface area contributed by atoms with Gasteiger partial charge in [0.15, 0.2) is 5.69 Å². The molecule has 1 fully saturated rings. The van der Waals surface area contributed by atoms with Crippen molar-refractivity contribution in [3.05, 3.63) is 71.5 Å². The van der Waals surface area contributed by atoms with E-state index in [0.29, 0.717) is 12.8 Å². The molecule has 180 valence electrons. The van der Waals surface area contributed by atoms with E-state index in [2.05, 4.69) is 40.0 Å². The van der Waals surface area contributed by atoms with Gasteiger partial charge in [0.1, 0.15) is 6.61 Å². The van der Waals surface area contributed by atoms with Gasteiger partial charge >= 0.3 is 12.1 Å². The third-order valence-corrected chi connectivity index (χ3v) is 6.79. The van der Waals surface area contributed by atoms with Crippen LogP contribution in [0.25, 0.3) is 11.1 Å². The standard InChI is InChI=1S/C26H26N4O5/c1-30-24(25(32)33)22(13-27-30)29-23(31)12-15-10-16(11-15)28-26(34)35-14-21-19-8-4-2-6-17(19)18-7-3-5-9-20(18)21/h2-9,13,15-16,21H,10-12,14H2,1H3,(H,28,34)(H,29,31)(H,32,33). The van der Waals surface area contributed by atoms with Crippen molar-refractivity contribution < 1.29 is 24.2 Å². The number of carboxylic acid groups (broad SMARTS) is 1. The van der Waals surface area contributed by atoms with Crippen LogP contribution in [0.15, 0.2) is 54.7 Å². The number of rotatable bonds is 7. The Balaban J connectivity index is 1.08. The first-order valence-corrected chi connectivity index (χ1v) is 11.6. The van der Waals surface area contributed by atoms with Crippen LogP contribution in [0.1, 0.15) is 46.8 Å². The van der Waals surface area contributed by atoms with Crippen LogP contribution in [0.5, 0.6) is 0 Å². The molecule has 2 aliphatic rings. The lowest BCUT2D eigenvalue weighted by molar-refractivity contribution is -0.117. The molecular weight excluding hydrogens is 448 g/mol. The summed E-state index contributed by atoms with van der Waals surface area (Å²) in [5, 5.41) is 18.6. The number of alkyl carbamates (subject to hydrolysis) is 1. The Bertz CT molecular complexity index is 1250. The van der Waals surface area contributed by atoms with E-state index >= 15 is 0 Å². The molecule has 2 aromatic carbocycles. The smallest absolute Gasteiger partial charge is 0.407 e. The van der Waals surface area contributed by atoms with E-state index in [4.69, 9.17) is 4.74 Å². The number of ether oxygens (including phenoxy) is 1. The van der Waals surface area contributed by atoms with Crippen LogP contribution in [0.3, 0.4) is 0 Å². The second kappa shape index (κ2) is 9.25. The molecule has 5 rings (SSSR count). The molecule has 1 saturated carbocycles. The Hall–Kier alpha value is -4.14. The van der Waals surface area contributed by atoms with Crippen molar-refractivity contribution in [2.75, 3.05) is 11.9 Å². The molecule has 0 bridgehead atoms. The number of benzene rings is 2. The Morgan fingerprint density at radius 3 is 2.31 bits per heavy atom. The van der Waals surface area contributed by atoms with Crippen molar-refractivity contribution in [1.29, 1.82) is 0 Å². The van der Waals surface area contributed by atoms with E-state index in [1.807, 2.05) is 24.3 Å². The first kappa shape index (κ1) is 22.6. The molecule has 0 atom stereocenters. The molecule has 0 aliphatic heterocycles. The van der Waals surface area contributed by atoms with Gasteiger partial charge in [-0.05, 0) is 41.0 Å². The van der Waals surface area contributed by atoms with Crippen molar-refractivity contribution in [2.45, 2.75) is 31.2 Å². The molecule has 0 unspecified atom stereocenters. The molecule has 3 N–H and O–H groups in total. The van der Waals surface area contributed by atoms with Crippen LogP contribution in [-0.2, 0) is 16.6 Å². The number of nitrogens with zero attached hydrogens (tertiary/aromatic N) is 2. The zero-order valence-electron chi connectivity index (χ0n) is 19.2. The number of aryl methyl sites for hydroxylation is 1. The minimum atomic E-state index is -1.16. The van der Waals surface area contributed by atoms with Gasteiger partial charge in [0.05, 0.1) is 11.9 Å². The molecule has 1 aromatic heterocycles. The number of fused-ring (bicyclic) bond motifs is 3. The topological polar surface area (TPSA) is 123 Å². The summed E-state index contributed by atoms with van der Waals surface area (Å²) in [6.45, 7) is 0.259. The van der Waals surface area contributed by atoms with E-state index in [9.17, 15) is 19.5 Å². The molecule has 0 radical (unpaired) electrons. The molecular formula is C26H26N4O5. The van der Waals surface area contributed by atoms with Gasteiger partial charge in [0.25, 0.3) is 0 Å². The predicted octanol–water partition coefficient (Wildman–Crippen LogP) is 3.76. The first-order valence-electron chi connectivity index (χ1n) is 11.6. The molecule has 3 aromatic rings. The third-order valence-electron chi connectivity index (χ3n) is 6.79. The van der Waals surface area contributed by atoms with Crippen LogP contribution in [0.2, 0.25) is 0 Å². The van der Waals surface area contributed by atoms with Crippen LogP contribution in [0, 0.1) is 5.92 Å². The molecule has 9 heteroatoms. The highest BCUT2D eigenvalue weighted by Crippen LogP contribution is 2.44. The second-order valence-electron chi connectivity index (χ2n) is 9.09. The average Bonchev–Trinajstić information content (AvgIpc) is 3.33. The molecule has 0 spiro atoms. The fourth-order valence-corrected chi connectivity index (χ4v) is 5.07. The Morgan fingerprint density at radius 2 is 1.69 bits per heavy atom. The number of nitrogens with one attached hydrogen (secondary N) is 2. The number of carbonyl (C=O) groups excluding carboxylic acids is 2. The SMILES string of the molecule is Cn1ncc(NC(=O)CC2CC(NC(=O)OCC3c4ccccc4-c4ccccc43)C2)c1C(=O)O. The van der Waals surface area contributed by atoms with Gasteiger partial charge in [-0.1, -0.05) is 48.5 Å². The monoisotopic (exact) mass is 474 g/mol. The average molecular weight is 475 g/mol. The van der Waals surface area contributed by atoms with Crippen molar-refractivity contribution in [3.63, 3.8) is 0 Å². The van der Waals surface area contributed by atoms with Gasteiger partial charge in [-0.25, -0.2) is 9.59 Å². The minimum absolute atomic E-state index is 0.00848. The molecule has 2 aliphatic carbocycles. The van der Waals surface area contributed by atoms with Crippen molar-refractivity contribution in [1.82, 2.24) is 15.1 Å². The maximum absolute atomic E-state index is 12.4. The number of aromatic nitrogens is 2. The highest BCUT2D eigenvalue weighted by molar-refractivity contribution is 5.99. The summed E-state index contributed by atoms with van der Waals surface area (Å²) in [5.74, 6) is -1.31. The summed E-state index contributed by atoms with van der Waals surface area (Å²) in [6, 6.07) is 16.3. The van der Waals surface area contributed by atoms with Gasteiger partial charge < -0.3 is 20.5 Å². The molecule has 0 saturated heterocycles. The quantitative estimate of drug-likeness (QED) is 0.479. The Kier molecular flexibility index (Phi) is 5.98. The van der Waals surface area contributed by atoms with E-state index in [1.54, 1.807) is 0 Å². The fraction of sp³-hybridized carbons (Fsp3) is 0.308. The zero-order chi connectivity index (χ0) is 24.5. The van der Waals surface area contributed by atoms with Gasteiger partial charge in [-0.2, -0.15) is 5.10 Å². The summed E-state index contributed by atoms with van der Waals surface area (Å²) in [6.07, 6.45) is 2.44. The molecule has 1 heterocycles. The fourth-order valence-electron chi connectivity index (χ4n) is 5.07. The summed E-state index contributed by atoms with van der Waals surface area (Å²) in [5.41, 5.74) is 4.80. The normalized spacial score (nSPS) is 18.2. The number of carbonyl (C=O) groups is 3. The highest BCUT2D eigenvalue weighted by Gasteiger charge is 2.33. The number of hydrogen-bond acceptors (Lipinski definition) is 5. The van der Waals surface area contributed by atoms with Crippen molar-refractivity contribution in [2.24, 2.45) is 13.0 Å². The predicted molar refractivity (Wildman–Crippen MR) is 128 cm³/mol. The lowest BCUT2D eigenvalue weighted by Crippen LogP contribution is -2.45. The number of aromatic carboxylic acids is 1. The third kappa shape index (κ3) is 4.49.